The molecule has 1 aromatic heterocycles. The highest BCUT2D eigenvalue weighted by Crippen LogP contribution is 2.26. The molecule has 0 fully saturated rings. The van der Waals surface area contributed by atoms with Gasteiger partial charge in [0.15, 0.2) is 6.29 Å². The summed E-state index contributed by atoms with van der Waals surface area (Å²) in [6.45, 7) is 0. The first kappa shape index (κ1) is 12.9. The zero-order chi connectivity index (χ0) is 13.0. The van der Waals surface area contributed by atoms with Gasteiger partial charge in [0, 0.05) is 37.6 Å². The lowest BCUT2D eigenvalue weighted by atomic mass is 10.0. The van der Waals surface area contributed by atoms with Crippen LogP contribution in [0, 0.1) is 0 Å². The highest BCUT2D eigenvalue weighted by Gasteiger charge is 2.23. The number of benzene rings is 1. The maximum absolute atomic E-state index is 5.61. The zero-order valence-corrected chi connectivity index (χ0v) is 10.5. The average Bonchev–Trinajstić information content (AvgIpc) is 2.44. The molecule has 0 saturated heterocycles. The SMILES string of the molecule is COC(OC)C(NN)c1cncc2ccccc12. The highest BCUT2D eigenvalue weighted by atomic mass is 16.7. The first-order valence-corrected chi connectivity index (χ1v) is 5.66. The number of pyridine rings is 1. The van der Waals surface area contributed by atoms with Gasteiger partial charge in [-0.2, -0.15) is 0 Å². The normalized spacial score (nSPS) is 13.1. The van der Waals surface area contributed by atoms with Crippen LogP contribution in [-0.4, -0.2) is 25.5 Å². The van der Waals surface area contributed by atoms with Crippen molar-refractivity contribution in [2.24, 2.45) is 5.84 Å². The topological polar surface area (TPSA) is 69.4 Å². The van der Waals surface area contributed by atoms with Crippen molar-refractivity contribution < 1.29 is 9.47 Å². The van der Waals surface area contributed by atoms with Crippen molar-refractivity contribution in [3.05, 3.63) is 42.2 Å². The van der Waals surface area contributed by atoms with Crippen molar-refractivity contribution in [2.75, 3.05) is 14.2 Å². The molecular formula is C13H17N3O2. The number of hydrazine groups is 1. The molecule has 1 atom stereocenters. The lowest BCUT2D eigenvalue weighted by Crippen LogP contribution is -2.38. The van der Waals surface area contributed by atoms with Crippen LogP contribution in [0.15, 0.2) is 36.7 Å². The smallest absolute Gasteiger partial charge is 0.177 e. The van der Waals surface area contributed by atoms with Crippen LogP contribution in [0.3, 0.4) is 0 Å². The summed E-state index contributed by atoms with van der Waals surface area (Å²) in [5.41, 5.74) is 3.67. The standard InChI is InChI=1S/C13H17N3O2/c1-17-13(18-2)12(16-14)11-8-15-7-9-5-3-4-6-10(9)11/h3-8,12-13,16H,14H2,1-2H3. The van der Waals surface area contributed by atoms with Gasteiger partial charge in [0.05, 0.1) is 6.04 Å². The number of nitrogens with one attached hydrogen (secondary N) is 1. The number of hydrogen-bond acceptors (Lipinski definition) is 5. The van der Waals surface area contributed by atoms with Gasteiger partial charge in [-0.3, -0.25) is 10.8 Å². The number of hydrogen-bond donors (Lipinski definition) is 2. The summed E-state index contributed by atoms with van der Waals surface area (Å²) in [5, 5.41) is 2.13. The Morgan fingerprint density at radius 3 is 2.56 bits per heavy atom. The highest BCUT2D eigenvalue weighted by molar-refractivity contribution is 5.85. The van der Waals surface area contributed by atoms with E-state index in [-0.39, 0.29) is 6.04 Å². The fourth-order valence-corrected chi connectivity index (χ4v) is 2.07. The molecule has 0 aliphatic heterocycles. The van der Waals surface area contributed by atoms with E-state index in [1.807, 2.05) is 30.5 Å². The van der Waals surface area contributed by atoms with E-state index in [2.05, 4.69) is 10.4 Å². The molecule has 0 spiro atoms. The number of aromatic nitrogens is 1. The molecule has 18 heavy (non-hydrogen) atoms. The van der Waals surface area contributed by atoms with Crippen molar-refractivity contribution in [1.82, 2.24) is 10.4 Å². The van der Waals surface area contributed by atoms with Gasteiger partial charge in [0.25, 0.3) is 0 Å². The number of fused-ring (bicyclic) bond motifs is 1. The second-order valence-corrected chi connectivity index (χ2v) is 3.93. The first-order chi connectivity index (χ1) is 8.81. The van der Waals surface area contributed by atoms with E-state index < -0.39 is 6.29 Å². The quantitative estimate of drug-likeness (QED) is 0.474. The van der Waals surface area contributed by atoms with Crippen LogP contribution in [0.1, 0.15) is 11.6 Å². The van der Waals surface area contributed by atoms with E-state index in [0.29, 0.717) is 0 Å². The van der Waals surface area contributed by atoms with Gasteiger partial charge in [-0.05, 0) is 5.39 Å². The average molecular weight is 247 g/mol. The molecule has 3 N–H and O–H groups in total. The van der Waals surface area contributed by atoms with E-state index in [0.717, 1.165) is 16.3 Å². The third kappa shape index (κ3) is 2.34. The maximum atomic E-state index is 5.61. The molecule has 2 rings (SSSR count). The largest absolute Gasteiger partial charge is 0.354 e. The molecule has 0 radical (unpaired) electrons. The second-order valence-electron chi connectivity index (χ2n) is 3.93. The monoisotopic (exact) mass is 247 g/mol. The Morgan fingerprint density at radius 1 is 1.17 bits per heavy atom. The summed E-state index contributed by atoms with van der Waals surface area (Å²) in [6, 6.07) is 7.71. The molecule has 5 nitrogen and oxygen atoms in total. The number of nitrogens with two attached hydrogens (primary N) is 1. The van der Waals surface area contributed by atoms with Gasteiger partial charge in [0.2, 0.25) is 0 Å². The summed E-state index contributed by atoms with van der Waals surface area (Å²) in [6.07, 6.45) is 3.13. The molecule has 2 aromatic rings. The third-order valence-electron chi connectivity index (χ3n) is 2.95. The van der Waals surface area contributed by atoms with Crippen LogP contribution in [0.4, 0.5) is 0 Å². The molecule has 1 unspecified atom stereocenters. The third-order valence-corrected chi connectivity index (χ3v) is 2.95. The van der Waals surface area contributed by atoms with Crippen LogP contribution in [0.25, 0.3) is 10.8 Å². The van der Waals surface area contributed by atoms with Crippen LogP contribution in [0.2, 0.25) is 0 Å². The first-order valence-electron chi connectivity index (χ1n) is 5.66. The molecule has 0 amide bonds. The summed E-state index contributed by atoms with van der Waals surface area (Å²) >= 11 is 0. The fraction of sp³-hybridized carbons (Fsp3) is 0.308. The van der Waals surface area contributed by atoms with E-state index >= 15 is 0 Å². The van der Waals surface area contributed by atoms with E-state index in [9.17, 15) is 0 Å². The summed E-state index contributed by atoms with van der Waals surface area (Å²) in [7, 11) is 3.16. The van der Waals surface area contributed by atoms with Gasteiger partial charge >= 0.3 is 0 Å². The molecule has 0 aliphatic rings. The van der Waals surface area contributed by atoms with Crippen molar-refractivity contribution in [1.29, 1.82) is 0 Å². The minimum atomic E-state index is -0.470. The molecule has 5 heteroatoms. The molecule has 96 valence electrons. The molecule has 0 bridgehead atoms. The Morgan fingerprint density at radius 2 is 1.89 bits per heavy atom. The Balaban J connectivity index is 2.51. The van der Waals surface area contributed by atoms with Crippen molar-refractivity contribution in [3.63, 3.8) is 0 Å². The number of methoxy groups -OCH3 is 2. The van der Waals surface area contributed by atoms with Crippen molar-refractivity contribution >= 4 is 10.8 Å². The number of ether oxygens (including phenoxy) is 2. The Kier molecular flexibility index (Phi) is 4.22. The second kappa shape index (κ2) is 5.88. The zero-order valence-electron chi connectivity index (χ0n) is 10.5. The van der Waals surface area contributed by atoms with Crippen LogP contribution in [0.5, 0.6) is 0 Å². The summed E-state index contributed by atoms with van der Waals surface area (Å²) in [4.78, 5) is 4.23. The molecular weight excluding hydrogens is 230 g/mol. The predicted octanol–water partition coefficient (Wildman–Crippen LogP) is 1.36. The van der Waals surface area contributed by atoms with E-state index in [4.69, 9.17) is 15.3 Å². The van der Waals surface area contributed by atoms with Crippen LogP contribution < -0.4 is 11.3 Å². The van der Waals surface area contributed by atoms with Gasteiger partial charge in [0.1, 0.15) is 0 Å². The maximum Gasteiger partial charge on any atom is 0.177 e. The van der Waals surface area contributed by atoms with Crippen LogP contribution >= 0.6 is 0 Å². The predicted molar refractivity (Wildman–Crippen MR) is 69.6 cm³/mol. The van der Waals surface area contributed by atoms with Crippen molar-refractivity contribution in [3.8, 4) is 0 Å². The summed E-state index contributed by atoms with van der Waals surface area (Å²) in [5.74, 6) is 5.61. The van der Waals surface area contributed by atoms with Gasteiger partial charge in [-0.1, -0.05) is 24.3 Å². The minimum absolute atomic E-state index is 0.279. The summed E-state index contributed by atoms with van der Waals surface area (Å²) < 4.78 is 10.5. The van der Waals surface area contributed by atoms with Crippen molar-refractivity contribution in [2.45, 2.75) is 12.3 Å². The van der Waals surface area contributed by atoms with Gasteiger partial charge < -0.3 is 9.47 Å². The Bertz CT molecular complexity index is 509. The molecule has 0 saturated carbocycles. The number of rotatable bonds is 5. The Labute approximate surface area is 106 Å². The van der Waals surface area contributed by atoms with E-state index in [1.54, 1.807) is 20.4 Å². The minimum Gasteiger partial charge on any atom is -0.354 e. The number of nitrogens with zero attached hydrogens (tertiary/aromatic N) is 1. The Hall–Kier alpha value is -1.53. The molecule has 0 aliphatic carbocycles. The molecule has 1 aromatic carbocycles. The fourth-order valence-electron chi connectivity index (χ4n) is 2.07. The van der Waals surface area contributed by atoms with Gasteiger partial charge in [-0.15, -0.1) is 0 Å². The van der Waals surface area contributed by atoms with Crippen LogP contribution in [-0.2, 0) is 9.47 Å². The lowest BCUT2D eigenvalue weighted by molar-refractivity contribution is -0.124. The lowest BCUT2D eigenvalue weighted by Gasteiger charge is -2.25. The molecule has 1 heterocycles. The van der Waals surface area contributed by atoms with Gasteiger partial charge in [-0.25, -0.2) is 5.43 Å². The van der Waals surface area contributed by atoms with E-state index in [1.165, 1.54) is 0 Å².